The van der Waals surface area contributed by atoms with Crippen molar-refractivity contribution >= 4 is 12.6 Å². The second kappa shape index (κ2) is 8.74. The van der Waals surface area contributed by atoms with Gasteiger partial charge in [-0.25, -0.2) is 4.99 Å². The van der Waals surface area contributed by atoms with Crippen LogP contribution in [0.3, 0.4) is 0 Å². The molecule has 3 nitrogen and oxygen atoms in total. The Labute approximate surface area is 105 Å². The minimum atomic E-state index is 0.501. The summed E-state index contributed by atoms with van der Waals surface area (Å²) in [7, 11) is 1.59. The molecule has 0 aromatic carbocycles. The van der Waals surface area contributed by atoms with Gasteiger partial charge in [-0.1, -0.05) is 26.3 Å². The van der Waals surface area contributed by atoms with Crippen LogP contribution in [0.15, 0.2) is 33.5 Å². The molecule has 0 N–H and O–H groups in total. The van der Waals surface area contributed by atoms with Gasteiger partial charge >= 0.3 is 0 Å². The Morgan fingerprint density at radius 2 is 1.88 bits per heavy atom. The SMILES string of the molecule is C=NC(C(=NC(=C)CCCCC)OC)=C(C)C. The number of ether oxygens (including phenoxy) is 1. The minimum Gasteiger partial charge on any atom is -0.479 e. The number of allylic oxidation sites excluding steroid dienone is 2. The second-order valence-electron chi connectivity index (χ2n) is 4.15. The molecule has 0 aromatic rings. The molecule has 0 unspecified atom stereocenters. The third-order valence-corrected chi connectivity index (χ3v) is 2.36. The Morgan fingerprint density at radius 1 is 1.24 bits per heavy atom. The van der Waals surface area contributed by atoms with Crippen LogP contribution in [0.2, 0.25) is 0 Å². The Balaban J connectivity index is 4.70. The van der Waals surface area contributed by atoms with Crippen molar-refractivity contribution in [2.75, 3.05) is 7.11 Å². The first-order valence-corrected chi connectivity index (χ1v) is 6.01. The van der Waals surface area contributed by atoms with Crippen LogP contribution in [0.25, 0.3) is 0 Å². The maximum atomic E-state index is 5.24. The number of unbranched alkanes of at least 4 members (excludes halogenated alkanes) is 2. The normalized spacial score (nSPS) is 10.9. The summed E-state index contributed by atoms with van der Waals surface area (Å²) in [5.74, 6) is 0.501. The summed E-state index contributed by atoms with van der Waals surface area (Å²) in [6.07, 6.45) is 4.41. The summed E-state index contributed by atoms with van der Waals surface area (Å²) in [5.41, 5.74) is 2.56. The molecule has 0 atom stereocenters. The van der Waals surface area contributed by atoms with Crippen molar-refractivity contribution in [2.24, 2.45) is 9.98 Å². The lowest BCUT2D eigenvalue weighted by molar-refractivity contribution is 0.401. The second-order valence-corrected chi connectivity index (χ2v) is 4.15. The average Bonchev–Trinajstić information content (AvgIpc) is 2.28. The Kier molecular flexibility index (Phi) is 8.03. The van der Waals surface area contributed by atoms with Crippen LogP contribution < -0.4 is 0 Å². The van der Waals surface area contributed by atoms with Crippen molar-refractivity contribution in [1.29, 1.82) is 0 Å². The largest absolute Gasteiger partial charge is 0.479 e. The predicted octanol–water partition coefficient (Wildman–Crippen LogP) is 4.12. The topological polar surface area (TPSA) is 34.0 Å². The van der Waals surface area contributed by atoms with E-state index in [2.05, 4.69) is 30.2 Å². The molecule has 0 saturated carbocycles. The lowest BCUT2D eigenvalue weighted by Gasteiger charge is -2.08. The van der Waals surface area contributed by atoms with Gasteiger partial charge in [0.15, 0.2) is 0 Å². The molecule has 0 rings (SSSR count). The van der Waals surface area contributed by atoms with Gasteiger partial charge < -0.3 is 4.74 Å². The highest BCUT2D eigenvalue weighted by atomic mass is 16.5. The first-order valence-electron chi connectivity index (χ1n) is 6.01. The number of hydrogen-bond acceptors (Lipinski definition) is 3. The van der Waals surface area contributed by atoms with E-state index < -0.39 is 0 Å². The van der Waals surface area contributed by atoms with Crippen LogP contribution in [0.5, 0.6) is 0 Å². The lowest BCUT2D eigenvalue weighted by atomic mass is 10.2. The minimum absolute atomic E-state index is 0.501. The van der Waals surface area contributed by atoms with E-state index in [1.165, 1.54) is 12.8 Å². The summed E-state index contributed by atoms with van der Waals surface area (Å²) in [6.45, 7) is 13.6. The highest BCUT2D eigenvalue weighted by molar-refractivity contribution is 5.95. The van der Waals surface area contributed by atoms with Crippen LogP contribution >= 0.6 is 0 Å². The quantitative estimate of drug-likeness (QED) is 0.372. The van der Waals surface area contributed by atoms with Crippen molar-refractivity contribution in [1.82, 2.24) is 0 Å². The van der Waals surface area contributed by atoms with Crippen LogP contribution in [-0.4, -0.2) is 19.7 Å². The van der Waals surface area contributed by atoms with Crippen LogP contribution in [-0.2, 0) is 4.74 Å². The number of rotatable bonds is 7. The average molecular weight is 236 g/mol. The predicted molar refractivity (Wildman–Crippen MR) is 75.6 cm³/mol. The third kappa shape index (κ3) is 6.05. The molecule has 0 amide bonds. The summed E-state index contributed by atoms with van der Waals surface area (Å²) in [4.78, 5) is 8.31. The molecule has 0 radical (unpaired) electrons. The maximum Gasteiger partial charge on any atom is 0.239 e. The molecule has 0 bridgehead atoms. The van der Waals surface area contributed by atoms with Crippen molar-refractivity contribution in [3.8, 4) is 0 Å². The highest BCUT2D eigenvalue weighted by Gasteiger charge is 2.07. The van der Waals surface area contributed by atoms with Gasteiger partial charge in [0.05, 0.1) is 7.11 Å². The van der Waals surface area contributed by atoms with Crippen molar-refractivity contribution in [2.45, 2.75) is 46.5 Å². The van der Waals surface area contributed by atoms with Gasteiger partial charge in [-0.3, -0.25) is 4.99 Å². The number of aliphatic imine (C=N–C) groups is 2. The van der Waals surface area contributed by atoms with E-state index in [0.29, 0.717) is 11.6 Å². The van der Waals surface area contributed by atoms with E-state index >= 15 is 0 Å². The van der Waals surface area contributed by atoms with Gasteiger partial charge in [0.2, 0.25) is 5.90 Å². The molecule has 0 aliphatic heterocycles. The molecule has 0 aliphatic carbocycles. The van der Waals surface area contributed by atoms with Gasteiger partial charge in [-0.05, 0) is 39.0 Å². The fraction of sp³-hybridized carbons (Fsp3) is 0.571. The van der Waals surface area contributed by atoms with Crippen LogP contribution in [0.1, 0.15) is 46.5 Å². The molecule has 0 saturated heterocycles. The molecule has 0 aliphatic rings. The summed E-state index contributed by atoms with van der Waals surface area (Å²) in [5, 5.41) is 0. The van der Waals surface area contributed by atoms with E-state index in [0.717, 1.165) is 24.1 Å². The zero-order valence-corrected chi connectivity index (χ0v) is 11.5. The molecule has 96 valence electrons. The summed E-state index contributed by atoms with van der Waals surface area (Å²) >= 11 is 0. The monoisotopic (exact) mass is 236 g/mol. The van der Waals surface area contributed by atoms with E-state index in [9.17, 15) is 0 Å². The van der Waals surface area contributed by atoms with E-state index in [4.69, 9.17) is 4.74 Å². The van der Waals surface area contributed by atoms with Crippen molar-refractivity contribution in [3.63, 3.8) is 0 Å². The zero-order chi connectivity index (χ0) is 13.3. The molecule has 0 heterocycles. The van der Waals surface area contributed by atoms with E-state index in [-0.39, 0.29) is 0 Å². The van der Waals surface area contributed by atoms with Gasteiger partial charge in [0.25, 0.3) is 0 Å². The Morgan fingerprint density at radius 3 is 2.29 bits per heavy atom. The first-order chi connectivity index (χ1) is 8.06. The van der Waals surface area contributed by atoms with Gasteiger partial charge in [0.1, 0.15) is 5.70 Å². The summed E-state index contributed by atoms with van der Waals surface area (Å²) < 4.78 is 5.24. The van der Waals surface area contributed by atoms with Crippen LogP contribution in [0, 0.1) is 0 Å². The number of hydrogen-bond donors (Lipinski definition) is 0. The first kappa shape index (κ1) is 15.6. The molecule has 0 fully saturated rings. The van der Waals surface area contributed by atoms with E-state index in [1.54, 1.807) is 7.11 Å². The van der Waals surface area contributed by atoms with Crippen LogP contribution in [0.4, 0.5) is 0 Å². The standard InChI is InChI=1S/C14H24N2O/c1-7-8-9-10-12(4)16-14(17-6)13(15-5)11(2)3/h4-5,7-10H2,1-3,6H3. The third-order valence-electron chi connectivity index (χ3n) is 2.36. The molecule has 17 heavy (non-hydrogen) atoms. The Hall–Kier alpha value is -1.38. The zero-order valence-electron chi connectivity index (χ0n) is 11.5. The van der Waals surface area contributed by atoms with E-state index in [1.807, 2.05) is 13.8 Å². The highest BCUT2D eigenvalue weighted by Crippen LogP contribution is 2.13. The Bertz CT molecular complexity index is 323. The number of methoxy groups -OCH3 is 1. The fourth-order valence-corrected chi connectivity index (χ4v) is 1.41. The molecule has 0 aromatic heterocycles. The maximum absolute atomic E-state index is 5.24. The summed E-state index contributed by atoms with van der Waals surface area (Å²) in [6, 6.07) is 0. The van der Waals surface area contributed by atoms with Crippen molar-refractivity contribution < 1.29 is 4.74 Å². The van der Waals surface area contributed by atoms with Gasteiger partial charge in [-0.2, -0.15) is 0 Å². The lowest BCUT2D eigenvalue weighted by Crippen LogP contribution is -2.06. The van der Waals surface area contributed by atoms with Gasteiger partial charge in [-0.15, -0.1) is 0 Å². The molecule has 0 spiro atoms. The molecular weight excluding hydrogens is 212 g/mol. The number of nitrogens with zero attached hydrogens (tertiary/aromatic N) is 2. The fourth-order valence-electron chi connectivity index (χ4n) is 1.41. The smallest absolute Gasteiger partial charge is 0.239 e. The van der Waals surface area contributed by atoms with Crippen molar-refractivity contribution in [3.05, 3.63) is 23.5 Å². The molecule has 3 heteroatoms. The molecular formula is C14H24N2O. The van der Waals surface area contributed by atoms with Gasteiger partial charge in [0, 0.05) is 5.70 Å².